The van der Waals surface area contributed by atoms with Gasteiger partial charge in [0, 0.05) is 16.8 Å². The summed E-state index contributed by atoms with van der Waals surface area (Å²) in [5.74, 6) is 0.220. The zero-order valence-electron chi connectivity index (χ0n) is 8.84. The molecule has 84 valence electrons. The molecule has 3 nitrogen and oxygen atoms in total. The summed E-state index contributed by atoms with van der Waals surface area (Å²) < 4.78 is 1.79. The van der Waals surface area contributed by atoms with Gasteiger partial charge >= 0.3 is 0 Å². The summed E-state index contributed by atoms with van der Waals surface area (Å²) >= 11 is 5.84. The molecule has 0 bridgehead atoms. The fraction of sp³-hybridized carbons (Fsp3) is 0. The van der Waals surface area contributed by atoms with Crippen molar-refractivity contribution in [1.29, 1.82) is 0 Å². The second-order valence-corrected chi connectivity index (χ2v) is 4.22. The molecule has 0 spiro atoms. The smallest absolute Gasteiger partial charge is 0.137 e. The van der Waals surface area contributed by atoms with Gasteiger partial charge in [0.15, 0.2) is 0 Å². The van der Waals surface area contributed by atoms with E-state index in [9.17, 15) is 5.11 Å². The summed E-state index contributed by atoms with van der Waals surface area (Å²) in [6.07, 6.45) is 3.50. The largest absolute Gasteiger partial charge is 0.506 e. The van der Waals surface area contributed by atoms with E-state index in [1.165, 1.54) is 0 Å². The predicted octanol–water partition coefficient (Wildman–Crippen LogP) is 3.36. The monoisotopic (exact) mass is 244 g/mol. The molecule has 17 heavy (non-hydrogen) atoms. The maximum absolute atomic E-state index is 9.38. The topological polar surface area (TPSA) is 37.5 Å². The van der Waals surface area contributed by atoms with E-state index in [0.717, 1.165) is 16.9 Å². The number of pyridine rings is 1. The van der Waals surface area contributed by atoms with Gasteiger partial charge in [-0.2, -0.15) is 0 Å². The van der Waals surface area contributed by atoms with Gasteiger partial charge in [-0.3, -0.25) is 0 Å². The minimum Gasteiger partial charge on any atom is -0.506 e. The number of imidazole rings is 1. The van der Waals surface area contributed by atoms with Crippen molar-refractivity contribution < 1.29 is 5.11 Å². The molecule has 0 aliphatic carbocycles. The normalized spacial score (nSPS) is 10.9. The molecule has 0 saturated heterocycles. The first-order chi connectivity index (χ1) is 8.22. The number of aromatic hydroxyl groups is 1. The lowest BCUT2D eigenvalue weighted by atomic mass is 10.2. The van der Waals surface area contributed by atoms with Crippen molar-refractivity contribution in [2.75, 3.05) is 0 Å². The third-order valence-electron chi connectivity index (χ3n) is 2.58. The van der Waals surface area contributed by atoms with Crippen molar-refractivity contribution in [2.45, 2.75) is 0 Å². The molecule has 1 N–H and O–H groups in total. The zero-order chi connectivity index (χ0) is 11.8. The lowest BCUT2D eigenvalue weighted by Crippen LogP contribution is -1.79. The number of halogens is 1. The zero-order valence-corrected chi connectivity index (χ0v) is 9.59. The van der Waals surface area contributed by atoms with Crippen LogP contribution in [0.25, 0.3) is 16.9 Å². The van der Waals surface area contributed by atoms with E-state index in [1.54, 1.807) is 22.7 Å². The van der Waals surface area contributed by atoms with Crippen LogP contribution in [-0.2, 0) is 0 Å². The van der Waals surface area contributed by atoms with Gasteiger partial charge < -0.3 is 9.51 Å². The second-order valence-electron chi connectivity index (χ2n) is 3.79. The van der Waals surface area contributed by atoms with Crippen molar-refractivity contribution >= 4 is 17.2 Å². The number of hydrogen-bond donors (Lipinski definition) is 1. The average molecular weight is 245 g/mol. The quantitative estimate of drug-likeness (QED) is 0.713. The Hall–Kier alpha value is -2.00. The summed E-state index contributed by atoms with van der Waals surface area (Å²) in [6.45, 7) is 0. The van der Waals surface area contributed by atoms with E-state index in [4.69, 9.17) is 11.6 Å². The minimum absolute atomic E-state index is 0.220. The Balaban J connectivity index is 2.14. The molecular formula is C13H9ClN2O. The Labute approximate surface area is 103 Å². The van der Waals surface area contributed by atoms with Gasteiger partial charge in [0.1, 0.15) is 11.4 Å². The molecule has 1 aromatic carbocycles. The Morgan fingerprint density at radius 2 is 1.76 bits per heavy atom. The van der Waals surface area contributed by atoms with Crippen LogP contribution in [0.5, 0.6) is 5.75 Å². The highest BCUT2D eigenvalue weighted by Crippen LogP contribution is 2.22. The molecular weight excluding hydrogens is 236 g/mol. The minimum atomic E-state index is 0.220. The first kappa shape index (κ1) is 10.2. The van der Waals surface area contributed by atoms with Crippen LogP contribution in [0.15, 0.2) is 48.8 Å². The lowest BCUT2D eigenvalue weighted by molar-refractivity contribution is 0.472. The van der Waals surface area contributed by atoms with Crippen LogP contribution in [0, 0.1) is 0 Å². The van der Waals surface area contributed by atoms with Crippen LogP contribution in [0.1, 0.15) is 0 Å². The standard InChI is InChI=1S/C13H9ClN2O/c14-10-3-1-9(2-4-10)12-8-16-7-11(17)5-6-13(16)15-12/h1-8,17H. The van der Waals surface area contributed by atoms with Gasteiger partial charge in [0.05, 0.1) is 11.9 Å². The van der Waals surface area contributed by atoms with E-state index in [0.29, 0.717) is 5.02 Å². The van der Waals surface area contributed by atoms with E-state index in [-0.39, 0.29) is 5.75 Å². The fourth-order valence-electron chi connectivity index (χ4n) is 1.74. The van der Waals surface area contributed by atoms with E-state index in [1.807, 2.05) is 30.5 Å². The first-order valence-corrected chi connectivity index (χ1v) is 5.54. The Morgan fingerprint density at radius 3 is 2.53 bits per heavy atom. The van der Waals surface area contributed by atoms with Gasteiger partial charge in [0.2, 0.25) is 0 Å². The predicted molar refractivity (Wildman–Crippen MR) is 67.3 cm³/mol. The number of fused-ring (bicyclic) bond motifs is 1. The maximum atomic E-state index is 9.38. The van der Waals surface area contributed by atoms with Crippen LogP contribution < -0.4 is 0 Å². The highest BCUT2D eigenvalue weighted by Gasteiger charge is 2.04. The molecule has 2 heterocycles. The third-order valence-corrected chi connectivity index (χ3v) is 2.83. The van der Waals surface area contributed by atoms with E-state index in [2.05, 4.69) is 4.98 Å². The highest BCUT2D eigenvalue weighted by atomic mass is 35.5. The number of nitrogens with zero attached hydrogens (tertiary/aromatic N) is 2. The van der Waals surface area contributed by atoms with Crippen LogP contribution in [0.2, 0.25) is 5.02 Å². The van der Waals surface area contributed by atoms with Gasteiger partial charge in [-0.1, -0.05) is 23.7 Å². The Bertz CT molecular complexity index is 673. The average Bonchev–Trinajstić information content (AvgIpc) is 2.72. The highest BCUT2D eigenvalue weighted by molar-refractivity contribution is 6.30. The SMILES string of the molecule is Oc1ccc2nc(-c3ccc(Cl)cc3)cn2c1. The maximum Gasteiger partial charge on any atom is 0.137 e. The molecule has 2 aromatic heterocycles. The molecule has 3 aromatic rings. The molecule has 0 aliphatic heterocycles. The van der Waals surface area contributed by atoms with Gasteiger partial charge in [-0.15, -0.1) is 0 Å². The van der Waals surface area contributed by atoms with Crippen LogP contribution in [-0.4, -0.2) is 14.5 Å². The lowest BCUT2D eigenvalue weighted by Gasteiger charge is -1.95. The molecule has 3 rings (SSSR count). The van der Waals surface area contributed by atoms with Crippen molar-refractivity contribution in [3.05, 3.63) is 53.8 Å². The summed E-state index contributed by atoms with van der Waals surface area (Å²) in [5.41, 5.74) is 2.65. The van der Waals surface area contributed by atoms with Crippen LogP contribution >= 0.6 is 11.6 Å². The van der Waals surface area contributed by atoms with Gasteiger partial charge in [-0.25, -0.2) is 4.98 Å². The van der Waals surface area contributed by atoms with Crippen molar-refractivity contribution in [1.82, 2.24) is 9.38 Å². The molecule has 0 saturated carbocycles. The van der Waals surface area contributed by atoms with E-state index >= 15 is 0 Å². The summed E-state index contributed by atoms with van der Waals surface area (Å²) in [7, 11) is 0. The van der Waals surface area contributed by atoms with Crippen molar-refractivity contribution in [2.24, 2.45) is 0 Å². The molecule has 0 aliphatic rings. The Kier molecular flexibility index (Phi) is 2.27. The summed E-state index contributed by atoms with van der Waals surface area (Å²) in [4.78, 5) is 4.46. The molecule has 4 heteroatoms. The van der Waals surface area contributed by atoms with Gasteiger partial charge in [-0.05, 0) is 24.3 Å². The first-order valence-electron chi connectivity index (χ1n) is 5.16. The van der Waals surface area contributed by atoms with Gasteiger partial charge in [0.25, 0.3) is 0 Å². The molecule has 0 unspecified atom stereocenters. The molecule has 0 radical (unpaired) electrons. The number of hydrogen-bond acceptors (Lipinski definition) is 2. The third kappa shape index (κ3) is 1.85. The fourth-order valence-corrected chi connectivity index (χ4v) is 1.87. The number of benzene rings is 1. The molecule has 0 atom stereocenters. The number of rotatable bonds is 1. The summed E-state index contributed by atoms with van der Waals surface area (Å²) in [5, 5.41) is 10.1. The van der Waals surface area contributed by atoms with Crippen molar-refractivity contribution in [3.8, 4) is 17.0 Å². The molecule has 0 fully saturated rings. The van der Waals surface area contributed by atoms with E-state index < -0.39 is 0 Å². The van der Waals surface area contributed by atoms with Crippen molar-refractivity contribution in [3.63, 3.8) is 0 Å². The molecule has 0 amide bonds. The van der Waals surface area contributed by atoms with Crippen LogP contribution in [0.4, 0.5) is 0 Å². The Morgan fingerprint density at radius 1 is 1.00 bits per heavy atom. The number of aromatic nitrogens is 2. The summed E-state index contributed by atoms with van der Waals surface area (Å²) in [6, 6.07) is 10.9. The second kappa shape index (κ2) is 3.79. The van der Waals surface area contributed by atoms with Crippen LogP contribution in [0.3, 0.4) is 0 Å².